The summed E-state index contributed by atoms with van der Waals surface area (Å²) in [6.45, 7) is 3.90. The van der Waals surface area contributed by atoms with E-state index in [1.165, 1.54) is 12.0 Å². The molecule has 4 heteroatoms. The van der Waals surface area contributed by atoms with E-state index in [0.717, 1.165) is 43.7 Å². The largest absolute Gasteiger partial charge is 0.399 e. The van der Waals surface area contributed by atoms with Crippen LogP contribution in [-0.4, -0.2) is 30.1 Å². The molecule has 4 nitrogen and oxygen atoms in total. The predicted octanol–water partition coefficient (Wildman–Crippen LogP) is 2.63. The van der Waals surface area contributed by atoms with Crippen molar-refractivity contribution in [1.82, 2.24) is 4.90 Å². The van der Waals surface area contributed by atoms with Gasteiger partial charge in [-0.2, -0.15) is 0 Å². The van der Waals surface area contributed by atoms with Gasteiger partial charge in [0.1, 0.15) is 0 Å². The topological polar surface area (TPSA) is 49.6 Å². The van der Waals surface area contributed by atoms with Crippen molar-refractivity contribution in [2.45, 2.75) is 38.6 Å². The number of amides is 2. The zero-order valence-electron chi connectivity index (χ0n) is 11.4. The predicted molar refractivity (Wildman–Crippen MR) is 77.3 cm³/mol. The molecule has 1 fully saturated rings. The van der Waals surface area contributed by atoms with Gasteiger partial charge in [-0.1, -0.05) is 0 Å². The molecule has 2 aliphatic rings. The molecule has 1 atom stereocenters. The molecular weight excluding hydrogens is 238 g/mol. The third-order valence-corrected chi connectivity index (χ3v) is 4.15. The number of fused-ring (bicyclic) bond motifs is 1. The van der Waals surface area contributed by atoms with Crippen molar-refractivity contribution in [2.75, 3.05) is 23.7 Å². The summed E-state index contributed by atoms with van der Waals surface area (Å²) in [6, 6.07) is 6.25. The number of piperidine rings is 1. The Kier molecular flexibility index (Phi) is 3.09. The highest BCUT2D eigenvalue weighted by atomic mass is 16.2. The van der Waals surface area contributed by atoms with Crippen LogP contribution >= 0.6 is 0 Å². The number of rotatable bonds is 0. The summed E-state index contributed by atoms with van der Waals surface area (Å²) in [5, 5.41) is 0. The van der Waals surface area contributed by atoms with Gasteiger partial charge in [-0.15, -0.1) is 0 Å². The van der Waals surface area contributed by atoms with Gasteiger partial charge < -0.3 is 10.6 Å². The van der Waals surface area contributed by atoms with Gasteiger partial charge in [-0.3, -0.25) is 4.90 Å². The molecule has 1 aromatic rings. The maximum absolute atomic E-state index is 12.7. The molecule has 1 saturated heterocycles. The smallest absolute Gasteiger partial charge is 0.324 e. The second-order valence-electron chi connectivity index (χ2n) is 5.64. The van der Waals surface area contributed by atoms with Crippen molar-refractivity contribution in [1.29, 1.82) is 0 Å². The molecule has 0 aromatic heterocycles. The number of hydrogen-bond acceptors (Lipinski definition) is 2. The number of hydrogen-bond donors (Lipinski definition) is 1. The molecular formula is C15H21N3O. The number of benzene rings is 1. The summed E-state index contributed by atoms with van der Waals surface area (Å²) >= 11 is 0. The van der Waals surface area contributed by atoms with Gasteiger partial charge in [-0.25, -0.2) is 4.79 Å². The average molecular weight is 259 g/mol. The zero-order valence-corrected chi connectivity index (χ0v) is 11.4. The molecule has 19 heavy (non-hydrogen) atoms. The molecule has 0 aliphatic carbocycles. The van der Waals surface area contributed by atoms with Crippen LogP contribution in [0.5, 0.6) is 0 Å². The number of carbonyl (C=O) groups is 1. The minimum atomic E-state index is 0.163. The van der Waals surface area contributed by atoms with E-state index >= 15 is 0 Å². The maximum atomic E-state index is 12.7. The Morgan fingerprint density at radius 1 is 1.26 bits per heavy atom. The Hall–Kier alpha value is -1.71. The van der Waals surface area contributed by atoms with E-state index in [1.807, 2.05) is 28.0 Å². The molecule has 2 N–H and O–H groups in total. The van der Waals surface area contributed by atoms with Crippen LogP contribution in [0.25, 0.3) is 0 Å². The lowest BCUT2D eigenvalue weighted by molar-refractivity contribution is 0.191. The minimum Gasteiger partial charge on any atom is -0.399 e. The van der Waals surface area contributed by atoms with Gasteiger partial charge in [0, 0.05) is 30.5 Å². The normalized spacial score (nSPS) is 22.5. The fourth-order valence-corrected chi connectivity index (χ4v) is 3.18. The molecule has 0 bridgehead atoms. The molecule has 1 aromatic carbocycles. The molecule has 1 unspecified atom stereocenters. The van der Waals surface area contributed by atoms with Gasteiger partial charge in [0.2, 0.25) is 0 Å². The zero-order chi connectivity index (χ0) is 13.4. The van der Waals surface area contributed by atoms with E-state index in [0.29, 0.717) is 0 Å². The number of nitrogen functional groups attached to an aromatic ring is 1. The van der Waals surface area contributed by atoms with Crippen LogP contribution in [-0.2, 0) is 6.42 Å². The van der Waals surface area contributed by atoms with Gasteiger partial charge in [0.05, 0.1) is 0 Å². The van der Waals surface area contributed by atoms with Crippen molar-refractivity contribution in [3.8, 4) is 0 Å². The first-order valence-corrected chi connectivity index (χ1v) is 7.13. The van der Waals surface area contributed by atoms with Crippen LogP contribution in [0.15, 0.2) is 18.2 Å². The van der Waals surface area contributed by atoms with Crippen LogP contribution in [0.3, 0.4) is 0 Å². The average Bonchev–Trinajstić information content (AvgIpc) is 2.74. The minimum absolute atomic E-state index is 0.163. The summed E-state index contributed by atoms with van der Waals surface area (Å²) in [6.07, 6.45) is 4.40. The van der Waals surface area contributed by atoms with Crippen LogP contribution < -0.4 is 10.6 Å². The highest BCUT2D eigenvalue weighted by Gasteiger charge is 2.33. The van der Waals surface area contributed by atoms with E-state index in [-0.39, 0.29) is 12.1 Å². The Labute approximate surface area is 114 Å². The number of anilines is 2. The molecule has 3 rings (SSSR count). The molecule has 102 valence electrons. The number of nitrogens with two attached hydrogens (primary N) is 1. The fraction of sp³-hybridized carbons (Fsp3) is 0.533. The summed E-state index contributed by atoms with van der Waals surface area (Å²) in [4.78, 5) is 16.6. The van der Waals surface area contributed by atoms with Crippen LogP contribution in [0.1, 0.15) is 31.7 Å². The third-order valence-electron chi connectivity index (χ3n) is 4.15. The number of carbonyl (C=O) groups excluding carboxylic acids is 1. The Morgan fingerprint density at radius 3 is 2.74 bits per heavy atom. The SMILES string of the molecule is CC1Cc2cc(N)ccc2N1C(=O)N1CCCCC1. The quantitative estimate of drug-likeness (QED) is 0.728. The maximum Gasteiger partial charge on any atom is 0.324 e. The van der Waals surface area contributed by atoms with Gasteiger partial charge in [0.15, 0.2) is 0 Å². The number of likely N-dealkylation sites (tertiary alicyclic amines) is 1. The highest BCUT2D eigenvalue weighted by molar-refractivity contribution is 5.95. The summed E-state index contributed by atoms with van der Waals surface area (Å²) in [5.41, 5.74) is 8.83. The third kappa shape index (κ3) is 2.15. The lowest BCUT2D eigenvalue weighted by Gasteiger charge is -2.33. The second kappa shape index (κ2) is 4.76. The van der Waals surface area contributed by atoms with Gasteiger partial charge in [0.25, 0.3) is 0 Å². The standard InChI is InChI=1S/C15H21N3O/c1-11-9-12-10-13(16)5-6-14(12)18(11)15(19)17-7-3-2-4-8-17/h5-6,10-11H,2-4,7-9,16H2,1H3. The highest BCUT2D eigenvalue weighted by Crippen LogP contribution is 2.34. The molecule has 2 heterocycles. The molecule has 0 saturated carbocycles. The van der Waals surface area contributed by atoms with Crippen LogP contribution in [0.2, 0.25) is 0 Å². The van der Waals surface area contributed by atoms with Crippen molar-refractivity contribution in [3.05, 3.63) is 23.8 Å². The first-order valence-electron chi connectivity index (χ1n) is 7.13. The molecule has 2 amide bonds. The van der Waals surface area contributed by atoms with E-state index in [1.54, 1.807) is 0 Å². The van der Waals surface area contributed by atoms with Crippen molar-refractivity contribution < 1.29 is 4.79 Å². The van der Waals surface area contributed by atoms with Gasteiger partial charge >= 0.3 is 6.03 Å². The lowest BCUT2D eigenvalue weighted by atomic mass is 10.1. The molecule has 0 radical (unpaired) electrons. The number of nitrogens with zero attached hydrogens (tertiary/aromatic N) is 2. The van der Waals surface area contributed by atoms with Gasteiger partial charge in [-0.05, 0) is 56.4 Å². The number of urea groups is 1. The summed E-state index contributed by atoms with van der Waals surface area (Å²) < 4.78 is 0. The summed E-state index contributed by atoms with van der Waals surface area (Å²) in [7, 11) is 0. The van der Waals surface area contributed by atoms with Crippen LogP contribution in [0, 0.1) is 0 Å². The lowest BCUT2D eigenvalue weighted by Crippen LogP contribution is -2.47. The van der Waals surface area contributed by atoms with Crippen molar-refractivity contribution in [3.63, 3.8) is 0 Å². The van der Waals surface area contributed by atoms with E-state index < -0.39 is 0 Å². The fourth-order valence-electron chi connectivity index (χ4n) is 3.18. The van der Waals surface area contributed by atoms with E-state index in [2.05, 4.69) is 6.92 Å². The van der Waals surface area contributed by atoms with Crippen molar-refractivity contribution >= 4 is 17.4 Å². The molecule has 0 spiro atoms. The van der Waals surface area contributed by atoms with E-state index in [9.17, 15) is 4.79 Å². The monoisotopic (exact) mass is 259 g/mol. The second-order valence-corrected chi connectivity index (χ2v) is 5.64. The first kappa shape index (κ1) is 12.3. The van der Waals surface area contributed by atoms with E-state index in [4.69, 9.17) is 5.73 Å². The Morgan fingerprint density at radius 2 is 2.00 bits per heavy atom. The van der Waals surface area contributed by atoms with Crippen molar-refractivity contribution in [2.24, 2.45) is 0 Å². The Bertz CT molecular complexity index is 494. The van der Waals surface area contributed by atoms with Crippen LogP contribution in [0.4, 0.5) is 16.2 Å². The Balaban J connectivity index is 1.86. The summed E-state index contributed by atoms with van der Waals surface area (Å²) in [5.74, 6) is 0. The molecule has 2 aliphatic heterocycles. The first-order chi connectivity index (χ1) is 9.16.